The molecular weight excluding hydrogens is 239 g/mol. The summed E-state index contributed by atoms with van der Waals surface area (Å²) in [6, 6.07) is 1.40. The van der Waals surface area contributed by atoms with Crippen molar-refractivity contribution in [1.29, 1.82) is 0 Å². The number of hydrogen-bond donors (Lipinski definition) is 1. The van der Waals surface area contributed by atoms with E-state index in [2.05, 4.69) is 6.58 Å². The van der Waals surface area contributed by atoms with Crippen LogP contribution in [0.2, 0.25) is 0 Å². The molecule has 90 valence electrons. The molecule has 0 unspecified atom stereocenters. The average molecular weight is 252 g/mol. The molecule has 0 aliphatic rings. The maximum Gasteiger partial charge on any atom is 0.194 e. The van der Waals surface area contributed by atoms with Gasteiger partial charge < -0.3 is 5.73 Å². The van der Waals surface area contributed by atoms with Crippen LogP contribution in [0.25, 0.3) is 0 Å². The summed E-state index contributed by atoms with van der Waals surface area (Å²) in [5.74, 6) is -3.87. The van der Waals surface area contributed by atoms with Crippen LogP contribution in [-0.4, -0.2) is 0 Å². The largest absolute Gasteiger partial charge is 0.324 e. The molecule has 1 rings (SSSR count). The van der Waals surface area contributed by atoms with Gasteiger partial charge in [-0.1, -0.05) is 12.1 Å². The Kier molecular flexibility index (Phi) is 6.14. The highest BCUT2D eigenvalue weighted by atomic mass is 35.5. The Morgan fingerprint density at radius 3 is 2.44 bits per heavy atom. The molecule has 1 aromatic carbocycles. The minimum absolute atomic E-state index is 0. The lowest BCUT2D eigenvalue weighted by Gasteiger charge is -2.12. The normalized spacial score (nSPS) is 11.8. The molecule has 0 aliphatic carbocycles. The topological polar surface area (TPSA) is 26.0 Å². The van der Waals surface area contributed by atoms with Gasteiger partial charge in [0, 0.05) is 11.6 Å². The number of hydrogen-bond acceptors (Lipinski definition) is 1. The molecule has 1 aromatic rings. The minimum Gasteiger partial charge on any atom is -0.324 e. The van der Waals surface area contributed by atoms with E-state index in [-0.39, 0.29) is 18.0 Å². The minimum atomic E-state index is -1.47. The Balaban J connectivity index is 0.00000225. The maximum atomic E-state index is 13.2. The van der Waals surface area contributed by atoms with Crippen molar-refractivity contribution in [2.45, 2.75) is 18.9 Å². The molecule has 1 nitrogen and oxygen atoms in total. The first-order chi connectivity index (χ1) is 7.07. The van der Waals surface area contributed by atoms with Gasteiger partial charge in [0.2, 0.25) is 0 Å². The molecule has 16 heavy (non-hydrogen) atoms. The van der Waals surface area contributed by atoms with Crippen LogP contribution >= 0.6 is 12.4 Å². The molecule has 0 aliphatic heterocycles. The Labute approximate surface area is 98.6 Å². The van der Waals surface area contributed by atoms with Crippen LogP contribution in [0.4, 0.5) is 13.2 Å². The fourth-order valence-corrected chi connectivity index (χ4v) is 1.28. The first kappa shape index (κ1) is 15.0. The lowest BCUT2D eigenvalue weighted by atomic mass is 10.0. The quantitative estimate of drug-likeness (QED) is 0.643. The van der Waals surface area contributed by atoms with Crippen molar-refractivity contribution >= 4 is 12.4 Å². The van der Waals surface area contributed by atoms with Crippen molar-refractivity contribution in [2.75, 3.05) is 0 Å². The zero-order valence-electron chi connectivity index (χ0n) is 8.55. The molecule has 0 heterocycles. The van der Waals surface area contributed by atoms with Gasteiger partial charge in [0.1, 0.15) is 0 Å². The molecule has 0 amide bonds. The van der Waals surface area contributed by atoms with Gasteiger partial charge >= 0.3 is 0 Å². The molecular formula is C11H13ClF3N. The standard InChI is InChI=1S/C11H12F3N.ClH/c1-2-3-4-9(15)7-5-6-8(12)11(14)10(7)13;/h2,5-6,9H,1,3-4,15H2;1H/t9-;/m0./s1. The first-order valence-corrected chi connectivity index (χ1v) is 4.57. The van der Waals surface area contributed by atoms with E-state index in [4.69, 9.17) is 5.73 Å². The maximum absolute atomic E-state index is 13.2. The van der Waals surface area contributed by atoms with Gasteiger partial charge in [0.05, 0.1) is 0 Å². The summed E-state index contributed by atoms with van der Waals surface area (Å²) in [5, 5.41) is 0. The summed E-state index contributed by atoms with van der Waals surface area (Å²) < 4.78 is 38.7. The molecule has 0 radical (unpaired) electrons. The predicted molar refractivity (Wildman–Crippen MR) is 59.9 cm³/mol. The number of rotatable bonds is 4. The molecule has 0 spiro atoms. The third kappa shape index (κ3) is 3.25. The second-order valence-corrected chi connectivity index (χ2v) is 3.24. The first-order valence-electron chi connectivity index (χ1n) is 4.57. The Bertz CT molecular complexity index is 368. The van der Waals surface area contributed by atoms with Crippen molar-refractivity contribution in [3.05, 3.63) is 47.8 Å². The van der Waals surface area contributed by atoms with Crippen molar-refractivity contribution in [3.8, 4) is 0 Å². The molecule has 0 fully saturated rings. The van der Waals surface area contributed by atoms with Crippen LogP contribution in [0.15, 0.2) is 24.8 Å². The van der Waals surface area contributed by atoms with Crippen molar-refractivity contribution in [3.63, 3.8) is 0 Å². The summed E-state index contributed by atoms with van der Waals surface area (Å²) in [7, 11) is 0. The average Bonchev–Trinajstić information content (AvgIpc) is 2.23. The smallest absolute Gasteiger partial charge is 0.194 e. The van der Waals surface area contributed by atoms with E-state index in [9.17, 15) is 13.2 Å². The van der Waals surface area contributed by atoms with E-state index in [0.29, 0.717) is 12.8 Å². The van der Waals surface area contributed by atoms with Crippen LogP contribution in [-0.2, 0) is 0 Å². The molecule has 0 saturated heterocycles. The third-order valence-corrected chi connectivity index (χ3v) is 2.15. The van der Waals surface area contributed by atoms with Crippen LogP contribution in [0.3, 0.4) is 0 Å². The van der Waals surface area contributed by atoms with Crippen molar-refractivity contribution in [1.82, 2.24) is 0 Å². The summed E-state index contributed by atoms with van der Waals surface area (Å²) in [5.41, 5.74) is 5.62. The number of allylic oxidation sites excluding steroid dienone is 1. The zero-order chi connectivity index (χ0) is 11.4. The molecule has 0 bridgehead atoms. The SMILES string of the molecule is C=CCC[C@H](N)c1ccc(F)c(F)c1F.Cl. The molecule has 5 heteroatoms. The number of halogens is 4. The summed E-state index contributed by atoms with van der Waals surface area (Å²) >= 11 is 0. The molecule has 0 aromatic heterocycles. The highest BCUT2D eigenvalue weighted by Gasteiger charge is 2.17. The summed E-state index contributed by atoms with van der Waals surface area (Å²) in [4.78, 5) is 0. The van der Waals surface area contributed by atoms with E-state index in [1.54, 1.807) is 6.08 Å². The zero-order valence-corrected chi connectivity index (χ0v) is 9.37. The molecule has 0 saturated carbocycles. The summed E-state index contributed by atoms with van der Waals surface area (Å²) in [6.45, 7) is 3.50. The van der Waals surface area contributed by atoms with E-state index in [0.717, 1.165) is 6.07 Å². The summed E-state index contributed by atoms with van der Waals surface area (Å²) in [6.07, 6.45) is 2.68. The van der Waals surface area contributed by atoms with Gasteiger partial charge in [-0.2, -0.15) is 0 Å². The van der Waals surface area contributed by atoms with Gasteiger partial charge in [-0.25, -0.2) is 13.2 Å². The van der Waals surface area contributed by atoms with E-state index in [1.165, 1.54) is 6.07 Å². The Hall–Kier alpha value is -1.00. The van der Waals surface area contributed by atoms with Gasteiger partial charge in [-0.3, -0.25) is 0 Å². The van der Waals surface area contributed by atoms with Gasteiger partial charge in [0.25, 0.3) is 0 Å². The highest BCUT2D eigenvalue weighted by Crippen LogP contribution is 2.22. The van der Waals surface area contributed by atoms with Crippen LogP contribution in [0.5, 0.6) is 0 Å². The Morgan fingerprint density at radius 1 is 1.25 bits per heavy atom. The Morgan fingerprint density at radius 2 is 1.88 bits per heavy atom. The fraction of sp³-hybridized carbons (Fsp3) is 0.273. The van der Waals surface area contributed by atoms with Crippen molar-refractivity contribution < 1.29 is 13.2 Å². The van der Waals surface area contributed by atoms with Crippen LogP contribution in [0.1, 0.15) is 24.4 Å². The third-order valence-electron chi connectivity index (χ3n) is 2.15. The van der Waals surface area contributed by atoms with E-state index >= 15 is 0 Å². The number of benzene rings is 1. The monoisotopic (exact) mass is 251 g/mol. The van der Waals surface area contributed by atoms with Gasteiger partial charge in [0.15, 0.2) is 17.5 Å². The molecule has 1 atom stereocenters. The second kappa shape index (κ2) is 6.55. The number of nitrogens with two attached hydrogens (primary N) is 1. The lowest BCUT2D eigenvalue weighted by molar-refractivity contribution is 0.433. The van der Waals surface area contributed by atoms with Gasteiger partial charge in [-0.05, 0) is 18.9 Å². The highest BCUT2D eigenvalue weighted by molar-refractivity contribution is 5.85. The second-order valence-electron chi connectivity index (χ2n) is 3.24. The van der Waals surface area contributed by atoms with Crippen LogP contribution in [0, 0.1) is 17.5 Å². The van der Waals surface area contributed by atoms with E-state index < -0.39 is 23.5 Å². The lowest BCUT2D eigenvalue weighted by Crippen LogP contribution is -2.13. The van der Waals surface area contributed by atoms with Crippen LogP contribution < -0.4 is 5.73 Å². The molecule has 2 N–H and O–H groups in total. The van der Waals surface area contributed by atoms with E-state index in [1.807, 2.05) is 0 Å². The van der Waals surface area contributed by atoms with Gasteiger partial charge in [-0.15, -0.1) is 19.0 Å². The van der Waals surface area contributed by atoms with Crippen molar-refractivity contribution in [2.24, 2.45) is 5.73 Å². The fourth-order valence-electron chi connectivity index (χ4n) is 1.28. The predicted octanol–water partition coefficient (Wildman–Crippen LogP) is 3.49.